The number of rotatable bonds is 6. The molecule has 0 radical (unpaired) electrons. The number of para-hydroxylation sites is 2. The zero-order valence-corrected chi connectivity index (χ0v) is 39.3. The fraction of sp³-hybridized carbons (Fsp3) is 0.0635. The summed E-state index contributed by atoms with van der Waals surface area (Å²) < 4.78 is 11.7. The predicted octanol–water partition coefficient (Wildman–Crippen LogP) is 16.2. The topological polar surface area (TPSA) is 52.8 Å². The molecule has 0 fully saturated rings. The van der Waals surface area contributed by atoms with Gasteiger partial charge in [0.25, 0.3) is 0 Å². The fourth-order valence-electron chi connectivity index (χ4n) is 11.3. The molecule has 70 heavy (non-hydrogen) atoms. The highest BCUT2D eigenvalue weighted by Crippen LogP contribution is 2.51. The third-order valence-electron chi connectivity index (χ3n) is 14.6. The number of benzene rings is 8. The van der Waals surface area contributed by atoms with Crippen LogP contribution in [0.4, 0.5) is 0 Å². The highest BCUT2D eigenvalue weighted by atomic mass is 32.2. The van der Waals surface area contributed by atoms with Crippen LogP contribution in [0.25, 0.3) is 98.3 Å². The first-order chi connectivity index (χ1) is 34.7. The van der Waals surface area contributed by atoms with Crippen molar-refractivity contribution in [3.8, 4) is 45.3 Å². The molecule has 0 amide bonds. The van der Waals surface area contributed by atoms with Gasteiger partial charge in [-0.25, -0.2) is 15.0 Å². The van der Waals surface area contributed by atoms with Crippen LogP contribution in [0.5, 0.6) is 5.75 Å². The van der Waals surface area contributed by atoms with Crippen molar-refractivity contribution in [3.05, 3.63) is 235 Å². The van der Waals surface area contributed by atoms with Gasteiger partial charge in [0.2, 0.25) is 0 Å². The maximum atomic E-state index is 6.79. The van der Waals surface area contributed by atoms with Gasteiger partial charge in [0.05, 0.1) is 11.0 Å². The summed E-state index contributed by atoms with van der Waals surface area (Å²) in [4.78, 5) is 17.4. The average Bonchev–Trinajstić information content (AvgIpc) is 4.19. The lowest BCUT2D eigenvalue weighted by Gasteiger charge is -2.21. The van der Waals surface area contributed by atoms with Crippen molar-refractivity contribution in [1.29, 1.82) is 0 Å². The molecule has 2 aliphatic heterocycles. The second-order valence-electron chi connectivity index (χ2n) is 18.5. The molecular weight excluding hydrogens is 893 g/mol. The summed E-state index contributed by atoms with van der Waals surface area (Å²) in [5, 5.41) is 5.30. The summed E-state index contributed by atoms with van der Waals surface area (Å²) in [5.41, 5.74) is 15.1. The van der Waals surface area contributed by atoms with E-state index in [0.29, 0.717) is 22.7 Å². The van der Waals surface area contributed by atoms with Crippen LogP contribution in [0.1, 0.15) is 34.9 Å². The largest absolute Gasteiger partial charge is 0.485 e. The van der Waals surface area contributed by atoms with Gasteiger partial charge in [0.1, 0.15) is 11.9 Å². The van der Waals surface area contributed by atoms with E-state index in [1.54, 1.807) is 0 Å². The molecule has 0 N–H and O–H groups in total. The number of fused-ring (bicyclic) bond motifs is 12. The van der Waals surface area contributed by atoms with E-state index in [0.717, 1.165) is 45.7 Å². The van der Waals surface area contributed by atoms with Gasteiger partial charge in [0, 0.05) is 69.4 Å². The van der Waals surface area contributed by atoms with Gasteiger partial charge in [-0.05, 0) is 106 Å². The molecule has 330 valence electrons. The minimum absolute atomic E-state index is 0.0584. The lowest BCUT2D eigenvalue weighted by atomic mass is 9.83. The molecule has 15 rings (SSSR count). The minimum atomic E-state index is -0.158. The zero-order chi connectivity index (χ0) is 45.9. The van der Waals surface area contributed by atoms with Crippen LogP contribution in [-0.2, 0) is 0 Å². The molecule has 11 aromatic rings. The summed E-state index contributed by atoms with van der Waals surface area (Å²) in [6.07, 6.45) is 12.1. The van der Waals surface area contributed by atoms with Gasteiger partial charge in [-0.15, -0.1) is 23.1 Å². The first-order valence-electron chi connectivity index (χ1n) is 23.9. The number of hydrogen-bond acceptors (Lipinski definition) is 6. The number of ether oxygens (including phenoxy) is 1. The number of allylic oxidation sites excluding steroid dienone is 5. The second-order valence-corrected chi connectivity index (χ2v) is 20.8. The van der Waals surface area contributed by atoms with E-state index in [-0.39, 0.29) is 12.0 Å². The van der Waals surface area contributed by atoms with Gasteiger partial charge >= 0.3 is 0 Å². The van der Waals surface area contributed by atoms with Crippen molar-refractivity contribution in [3.63, 3.8) is 0 Å². The normalized spacial score (nSPS) is 17.8. The van der Waals surface area contributed by atoms with Crippen molar-refractivity contribution in [1.82, 2.24) is 19.5 Å². The number of nitrogens with zero attached hydrogens (tertiary/aromatic N) is 4. The molecule has 0 spiro atoms. The maximum absolute atomic E-state index is 6.79. The van der Waals surface area contributed by atoms with Crippen LogP contribution in [-0.4, -0.2) is 30.9 Å². The molecule has 0 saturated carbocycles. The fourth-order valence-corrected chi connectivity index (χ4v) is 13.8. The van der Waals surface area contributed by atoms with E-state index in [2.05, 4.69) is 217 Å². The number of hydrogen-bond donors (Lipinski definition) is 0. The Balaban J connectivity index is 0.846. The third-order valence-corrected chi connectivity index (χ3v) is 17.0. The second kappa shape index (κ2) is 15.7. The molecule has 7 heteroatoms. The van der Waals surface area contributed by atoms with Crippen LogP contribution in [0.15, 0.2) is 217 Å². The van der Waals surface area contributed by atoms with E-state index in [9.17, 15) is 0 Å². The molecule has 3 atom stereocenters. The SMILES string of the molecule is C1=CC2Oc3cccc(-c4nc(C5=CC=C6c7ccccc7SC6C5)nc(-c5ccc6c(c5)sc5ccccc56)n4)c3C2C=C1c1ccccc1-c1ccc2c(c1)c1ccccc1n2-c1ccccc1. The Hall–Kier alpha value is -8.10. The van der Waals surface area contributed by atoms with E-state index >= 15 is 0 Å². The van der Waals surface area contributed by atoms with Gasteiger partial charge in [0.15, 0.2) is 17.5 Å². The van der Waals surface area contributed by atoms with E-state index in [4.69, 9.17) is 19.7 Å². The van der Waals surface area contributed by atoms with E-state index in [1.807, 2.05) is 23.1 Å². The van der Waals surface area contributed by atoms with Crippen molar-refractivity contribution < 1.29 is 4.74 Å². The highest BCUT2D eigenvalue weighted by molar-refractivity contribution is 8.00. The highest BCUT2D eigenvalue weighted by Gasteiger charge is 2.37. The Morgan fingerprint density at radius 1 is 0.529 bits per heavy atom. The van der Waals surface area contributed by atoms with Crippen LogP contribution < -0.4 is 4.74 Å². The lowest BCUT2D eigenvalue weighted by Crippen LogP contribution is -2.17. The molecule has 8 aromatic carbocycles. The van der Waals surface area contributed by atoms with Crippen molar-refractivity contribution in [2.75, 3.05) is 0 Å². The van der Waals surface area contributed by atoms with Gasteiger partial charge in [-0.3, -0.25) is 0 Å². The van der Waals surface area contributed by atoms with Crippen molar-refractivity contribution >= 4 is 81.8 Å². The summed E-state index contributed by atoms with van der Waals surface area (Å²) in [5.74, 6) is 2.85. The molecule has 5 nitrogen and oxygen atoms in total. The summed E-state index contributed by atoms with van der Waals surface area (Å²) in [6.45, 7) is 0. The molecule has 4 aliphatic rings. The predicted molar refractivity (Wildman–Crippen MR) is 291 cm³/mol. The Kier molecular flexibility index (Phi) is 8.95. The first-order valence-corrected chi connectivity index (χ1v) is 25.6. The summed E-state index contributed by atoms with van der Waals surface area (Å²) in [6, 6.07) is 65.5. The average molecular weight is 933 g/mol. The molecule has 3 aromatic heterocycles. The molecular formula is C63H40N4OS2. The third kappa shape index (κ3) is 6.28. The van der Waals surface area contributed by atoms with Gasteiger partial charge in [-0.1, -0.05) is 152 Å². The monoisotopic (exact) mass is 932 g/mol. The molecule has 3 unspecified atom stereocenters. The maximum Gasteiger partial charge on any atom is 0.164 e. The summed E-state index contributed by atoms with van der Waals surface area (Å²) >= 11 is 3.75. The standard InChI is InChI=1S/C63H40N4OS2/c1-2-13-41(14-3-1)67-52-21-9-6-17-44(52)50-33-37(27-31-53(50)67)42-15-4-5-16-43(42)38-28-32-54-51(34-38)60-49(20-12-22-55(60)68-54)63-65-61(39-25-29-47-45-18-7-10-23-56(45)69-58(47)35-39)64-62(66-63)40-26-30-48-46-19-8-11-24-57(46)70-59(48)36-40/h1-35,51,54,59H,36H2. The Labute approximate surface area is 412 Å². The molecule has 0 saturated heterocycles. The molecule has 5 heterocycles. The minimum Gasteiger partial charge on any atom is -0.485 e. The lowest BCUT2D eigenvalue weighted by molar-refractivity contribution is 0.269. The number of aromatic nitrogens is 4. The molecule has 0 bridgehead atoms. The zero-order valence-electron chi connectivity index (χ0n) is 37.7. The molecule has 2 aliphatic carbocycles. The van der Waals surface area contributed by atoms with Crippen LogP contribution in [0.3, 0.4) is 0 Å². The van der Waals surface area contributed by atoms with Crippen molar-refractivity contribution in [2.24, 2.45) is 0 Å². The quantitative estimate of drug-likeness (QED) is 0.166. The van der Waals surface area contributed by atoms with Crippen LogP contribution in [0.2, 0.25) is 0 Å². The Morgan fingerprint density at radius 2 is 1.26 bits per heavy atom. The number of thiophene rings is 1. The smallest absolute Gasteiger partial charge is 0.164 e. The Bertz CT molecular complexity index is 4140. The first kappa shape index (κ1) is 39.9. The van der Waals surface area contributed by atoms with Gasteiger partial charge < -0.3 is 9.30 Å². The van der Waals surface area contributed by atoms with Crippen LogP contribution >= 0.6 is 23.1 Å². The van der Waals surface area contributed by atoms with Gasteiger partial charge in [-0.2, -0.15) is 0 Å². The van der Waals surface area contributed by atoms with E-state index in [1.165, 1.54) is 74.7 Å². The summed E-state index contributed by atoms with van der Waals surface area (Å²) in [7, 11) is 0. The Morgan fingerprint density at radius 3 is 2.19 bits per heavy atom. The number of thioether (sulfide) groups is 1. The van der Waals surface area contributed by atoms with Crippen molar-refractivity contribution in [2.45, 2.75) is 28.6 Å². The van der Waals surface area contributed by atoms with Crippen LogP contribution in [0, 0.1) is 0 Å². The van der Waals surface area contributed by atoms with E-state index < -0.39 is 0 Å².